The predicted octanol–water partition coefficient (Wildman–Crippen LogP) is 5.24. The second-order valence-electron chi connectivity index (χ2n) is 5.15. The molecule has 1 atom stereocenters. The molecule has 0 aliphatic carbocycles. The first-order valence-electron chi connectivity index (χ1n) is 7.24. The first kappa shape index (κ1) is 14.1. The van der Waals surface area contributed by atoms with Crippen molar-refractivity contribution in [2.24, 2.45) is 5.18 Å². The molecule has 0 saturated heterocycles. The lowest BCUT2D eigenvalue weighted by molar-refractivity contribution is 0.777. The summed E-state index contributed by atoms with van der Waals surface area (Å²) in [5.41, 5.74) is 4.75. The minimum absolute atomic E-state index is 0.452. The highest BCUT2D eigenvalue weighted by molar-refractivity contribution is 5.80. The molecule has 0 saturated carbocycles. The van der Waals surface area contributed by atoms with Crippen LogP contribution < -0.4 is 0 Å². The Morgan fingerprint density at radius 3 is 2.00 bits per heavy atom. The minimum Gasteiger partial charge on any atom is -0.250 e. The number of nitrogens with zero attached hydrogens (tertiary/aromatic N) is 2. The monoisotopic (exact) mass is 288 g/mol. The summed E-state index contributed by atoms with van der Waals surface area (Å²) >= 11 is 0. The molecule has 0 aliphatic heterocycles. The molecular formula is C19H16N2O. The van der Waals surface area contributed by atoms with E-state index in [2.05, 4.69) is 17.3 Å². The maximum absolute atomic E-state index is 10.8. The second kappa shape index (κ2) is 6.31. The largest absolute Gasteiger partial charge is 0.250 e. The van der Waals surface area contributed by atoms with Gasteiger partial charge in [0.25, 0.3) is 0 Å². The molecule has 0 radical (unpaired) electrons. The van der Waals surface area contributed by atoms with Gasteiger partial charge in [0.1, 0.15) is 6.04 Å². The highest BCUT2D eigenvalue weighted by Gasteiger charge is 2.13. The Labute approximate surface area is 129 Å². The summed E-state index contributed by atoms with van der Waals surface area (Å²) in [5, 5.41) is 3.08. The van der Waals surface area contributed by atoms with Gasteiger partial charge in [-0.15, -0.1) is 0 Å². The molecule has 108 valence electrons. The average Bonchev–Trinajstić information content (AvgIpc) is 2.62. The number of aromatic nitrogens is 1. The standard InChI is InChI=1S/C19H16N2O/c1-14(21-22)18-13-12-17(15-8-4-2-5-9-15)19(20-18)16-10-6-3-7-11-16/h2-14H,1H3. The zero-order valence-electron chi connectivity index (χ0n) is 12.3. The summed E-state index contributed by atoms with van der Waals surface area (Å²) in [7, 11) is 0. The van der Waals surface area contributed by atoms with Crippen LogP contribution in [0.2, 0.25) is 0 Å². The summed E-state index contributed by atoms with van der Waals surface area (Å²) in [5.74, 6) is 0. The fraction of sp³-hybridized carbons (Fsp3) is 0.105. The predicted molar refractivity (Wildman–Crippen MR) is 89.3 cm³/mol. The van der Waals surface area contributed by atoms with Crippen molar-refractivity contribution in [2.45, 2.75) is 13.0 Å². The van der Waals surface area contributed by atoms with Gasteiger partial charge in [-0.1, -0.05) is 71.9 Å². The minimum atomic E-state index is -0.452. The molecule has 0 spiro atoms. The van der Waals surface area contributed by atoms with E-state index in [1.165, 1.54) is 0 Å². The molecule has 3 heteroatoms. The molecule has 3 aromatic rings. The number of pyridine rings is 1. The fourth-order valence-electron chi connectivity index (χ4n) is 2.43. The van der Waals surface area contributed by atoms with Crippen LogP contribution in [0.25, 0.3) is 22.4 Å². The van der Waals surface area contributed by atoms with Crippen molar-refractivity contribution in [3.8, 4) is 22.4 Å². The van der Waals surface area contributed by atoms with Crippen LogP contribution >= 0.6 is 0 Å². The summed E-state index contributed by atoms with van der Waals surface area (Å²) in [4.78, 5) is 15.5. The van der Waals surface area contributed by atoms with E-state index < -0.39 is 6.04 Å². The zero-order chi connectivity index (χ0) is 15.4. The Bertz CT molecular complexity index is 770. The summed E-state index contributed by atoms with van der Waals surface area (Å²) in [6, 6.07) is 23.6. The summed E-state index contributed by atoms with van der Waals surface area (Å²) in [6.45, 7) is 1.76. The molecule has 0 amide bonds. The van der Waals surface area contributed by atoms with Gasteiger partial charge in [-0.05, 0) is 18.6 Å². The lowest BCUT2D eigenvalue weighted by Crippen LogP contribution is -1.97. The van der Waals surface area contributed by atoms with E-state index in [4.69, 9.17) is 4.98 Å². The van der Waals surface area contributed by atoms with E-state index in [0.717, 1.165) is 22.4 Å². The quantitative estimate of drug-likeness (QED) is 0.616. The van der Waals surface area contributed by atoms with E-state index in [1.807, 2.05) is 60.7 Å². The third kappa shape index (κ3) is 2.79. The highest BCUT2D eigenvalue weighted by Crippen LogP contribution is 2.32. The van der Waals surface area contributed by atoms with Gasteiger partial charge < -0.3 is 0 Å². The van der Waals surface area contributed by atoms with Crippen molar-refractivity contribution in [2.75, 3.05) is 0 Å². The lowest BCUT2D eigenvalue weighted by Gasteiger charge is -2.12. The van der Waals surface area contributed by atoms with Gasteiger partial charge in [0.2, 0.25) is 0 Å². The Morgan fingerprint density at radius 2 is 1.41 bits per heavy atom. The fourth-order valence-corrected chi connectivity index (χ4v) is 2.43. The Balaban J connectivity index is 2.20. The molecule has 3 nitrogen and oxygen atoms in total. The van der Waals surface area contributed by atoms with E-state index in [-0.39, 0.29) is 0 Å². The molecular weight excluding hydrogens is 272 g/mol. The van der Waals surface area contributed by atoms with E-state index >= 15 is 0 Å². The Kier molecular flexibility index (Phi) is 4.05. The normalized spacial score (nSPS) is 11.9. The van der Waals surface area contributed by atoms with Gasteiger partial charge in [-0.2, -0.15) is 4.91 Å². The number of hydrogen-bond donors (Lipinski definition) is 0. The van der Waals surface area contributed by atoms with Crippen LogP contribution in [0.1, 0.15) is 18.7 Å². The second-order valence-corrected chi connectivity index (χ2v) is 5.15. The lowest BCUT2D eigenvalue weighted by atomic mass is 9.98. The molecule has 0 N–H and O–H groups in total. The van der Waals surface area contributed by atoms with Crippen molar-refractivity contribution in [3.05, 3.63) is 83.4 Å². The van der Waals surface area contributed by atoms with Gasteiger partial charge in [0.15, 0.2) is 0 Å². The van der Waals surface area contributed by atoms with Crippen LogP contribution in [0, 0.1) is 4.91 Å². The van der Waals surface area contributed by atoms with Gasteiger partial charge in [-0.3, -0.25) is 0 Å². The van der Waals surface area contributed by atoms with Gasteiger partial charge in [-0.25, -0.2) is 4.98 Å². The van der Waals surface area contributed by atoms with Crippen molar-refractivity contribution >= 4 is 0 Å². The van der Waals surface area contributed by atoms with E-state index in [9.17, 15) is 4.91 Å². The van der Waals surface area contributed by atoms with Gasteiger partial charge >= 0.3 is 0 Å². The van der Waals surface area contributed by atoms with Gasteiger partial charge in [0.05, 0.1) is 11.4 Å². The van der Waals surface area contributed by atoms with Crippen LogP contribution in [0.4, 0.5) is 0 Å². The molecule has 2 aromatic carbocycles. The molecule has 1 heterocycles. The third-order valence-corrected chi connectivity index (χ3v) is 3.63. The summed E-state index contributed by atoms with van der Waals surface area (Å²) in [6.07, 6.45) is 0. The van der Waals surface area contributed by atoms with Crippen LogP contribution in [0.3, 0.4) is 0 Å². The topological polar surface area (TPSA) is 42.3 Å². The Hall–Kier alpha value is -2.81. The number of rotatable bonds is 4. The van der Waals surface area contributed by atoms with Crippen LogP contribution in [-0.4, -0.2) is 4.98 Å². The van der Waals surface area contributed by atoms with Crippen LogP contribution in [0.5, 0.6) is 0 Å². The highest BCUT2D eigenvalue weighted by atomic mass is 16.3. The number of hydrogen-bond acceptors (Lipinski definition) is 3. The van der Waals surface area contributed by atoms with Gasteiger partial charge in [0, 0.05) is 11.1 Å². The van der Waals surface area contributed by atoms with E-state index in [1.54, 1.807) is 6.92 Å². The smallest absolute Gasteiger partial charge is 0.131 e. The van der Waals surface area contributed by atoms with Crippen LogP contribution in [0.15, 0.2) is 78.0 Å². The van der Waals surface area contributed by atoms with Crippen molar-refractivity contribution in [3.63, 3.8) is 0 Å². The maximum Gasteiger partial charge on any atom is 0.131 e. The van der Waals surface area contributed by atoms with E-state index in [0.29, 0.717) is 5.69 Å². The molecule has 1 aromatic heterocycles. The first-order chi connectivity index (χ1) is 10.8. The SMILES string of the molecule is CC(N=O)c1ccc(-c2ccccc2)c(-c2ccccc2)n1. The maximum atomic E-state index is 10.8. The molecule has 0 bridgehead atoms. The average molecular weight is 288 g/mol. The molecule has 3 rings (SSSR count). The first-order valence-corrected chi connectivity index (χ1v) is 7.24. The molecule has 0 aliphatic rings. The third-order valence-electron chi connectivity index (χ3n) is 3.63. The zero-order valence-corrected chi connectivity index (χ0v) is 12.3. The van der Waals surface area contributed by atoms with Crippen molar-refractivity contribution in [1.29, 1.82) is 0 Å². The molecule has 22 heavy (non-hydrogen) atoms. The van der Waals surface area contributed by atoms with Crippen molar-refractivity contribution < 1.29 is 0 Å². The number of benzene rings is 2. The number of nitroso groups, excluding NO2 is 1. The van der Waals surface area contributed by atoms with Crippen molar-refractivity contribution in [1.82, 2.24) is 4.98 Å². The molecule has 0 fully saturated rings. The summed E-state index contributed by atoms with van der Waals surface area (Å²) < 4.78 is 0. The Morgan fingerprint density at radius 1 is 0.818 bits per heavy atom. The molecule has 1 unspecified atom stereocenters. The van der Waals surface area contributed by atoms with Crippen LogP contribution in [-0.2, 0) is 0 Å².